The van der Waals surface area contributed by atoms with Gasteiger partial charge in [-0.1, -0.05) is 36.4 Å². The molecule has 0 saturated carbocycles. The third-order valence-electron chi connectivity index (χ3n) is 4.05. The van der Waals surface area contributed by atoms with Crippen molar-refractivity contribution in [2.45, 2.75) is 19.9 Å². The van der Waals surface area contributed by atoms with Gasteiger partial charge in [-0.15, -0.1) is 0 Å². The number of ether oxygens (including phenoxy) is 3. The average Bonchev–Trinajstić information content (AvgIpc) is 2.70. The highest BCUT2D eigenvalue weighted by Crippen LogP contribution is 2.27. The Morgan fingerprint density at radius 3 is 2.41 bits per heavy atom. The first kappa shape index (κ1) is 20.3. The number of hydrogen-bond acceptors (Lipinski definition) is 5. The topological polar surface area (TPSA) is 65.1 Å². The zero-order chi connectivity index (χ0) is 19.6. The molecule has 27 heavy (non-hydrogen) atoms. The van der Waals surface area contributed by atoms with Gasteiger partial charge < -0.3 is 19.1 Å². The largest absolute Gasteiger partial charge is 0.493 e. The lowest BCUT2D eigenvalue weighted by Gasteiger charge is -2.23. The molecule has 0 N–H and O–H groups in total. The maximum atomic E-state index is 12.7. The summed E-state index contributed by atoms with van der Waals surface area (Å²) in [5.74, 6) is 0.503. The summed E-state index contributed by atoms with van der Waals surface area (Å²) in [5.41, 5.74) is 2.01. The molecule has 0 fully saturated rings. The summed E-state index contributed by atoms with van der Waals surface area (Å²) >= 11 is 0. The van der Waals surface area contributed by atoms with Crippen LogP contribution in [0.4, 0.5) is 0 Å². The second-order valence-electron chi connectivity index (χ2n) is 6.07. The smallest absolute Gasteiger partial charge is 0.307 e. The summed E-state index contributed by atoms with van der Waals surface area (Å²) in [6, 6.07) is 15.1. The van der Waals surface area contributed by atoms with Crippen molar-refractivity contribution in [1.29, 1.82) is 0 Å². The summed E-state index contributed by atoms with van der Waals surface area (Å²) < 4.78 is 15.6. The van der Waals surface area contributed by atoms with Crippen LogP contribution in [0.3, 0.4) is 0 Å². The van der Waals surface area contributed by atoms with Crippen LogP contribution in [-0.4, -0.2) is 44.1 Å². The van der Waals surface area contributed by atoms with Gasteiger partial charge in [0.1, 0.15) is 0 Å². The minimum absolute atomic E-state index is 0.128. The van der Waals surface area contributed by atoms with Crippen LogP contribution in [0.5, 0.6) is 11.5 Å². The standard InChI is InChI=1S/C21H25NO5/c1-16-9-10-18(19(13-16)25-2)27-15-20(23)22(12-11-21(24)26-3)14-17-7-5-4-6-8-17/h4-10,13H,11-12,14-15H2,1-3H3. The molecule has 0 aliphatic carbocycles. The van der Waals surface area contributed by atoms with Crippen LogP contribution < -0.4 is 9.47 Å². The number of carbonyl (C=O) groups excluding carboxylic acids is 2. The van der Waals surface area contributed by atoms with Gasteiger partial charge >= 0.3 is 5.97 Å². The van der Waals surface area contributed by atoms with Gasteiger partial charge in [-0.3, -0.25) is 9.59 Å². The predicted molar refractivity (Wildman–Crippen MR) is 102 cm³/mol. The molecule has 0 radical (unpaired) electrons. The first-order chi connectivity index (χ1) is 13.0. The Bertz CT molecular complexity index is 760. The highest BCUT2D eigenvalue weighted by Gasteiger charge is 2.17. The van der Waals surface area contributed by atoms with Crippen LogP contribution in [0.25, 0.3) is 0 Å². The van der Waals surface area contributed by atoms with Crippen LogP contribution in [0.1, 0.15) is 17.5 Å². The van der Waals surface area contributed by atoms with E-state index in [1.54, 1.807) is 18.1 Å². The average molecular weight is 371 g/mol. The number of esters is 1. The van der Waals surface area contributed by atoms with E-state index in [4.69, 9.17) is 9.47 Å². The van der Waals surface area contributed by atoms with Gasteiger partial charge in [0.05, 0.1) is 20.6 Å². The Morgan fingerprint density at radius 2 is 1.74 bits per heavy atom. The van der Waals surface area contributed by atoms with Crippen molar-refractivity contribution in [2.24, 2.45) is 0 Å². The molecule has 0 aliphatic heterocycles. The molecule has 0 bridgehead atoms. The van der Waals surface area contributed by atoms with E-state index in [-0.39, 0.29) is 31.4 Å². The molecule has 2 aromatic carbocycles. The summed E-state index contributed by atoms with van der Waals surface area (Å²) in [4.78, 5) is 25.8. The number of rotatable bonds is 9. The van der Waals surface area contributed by atoms with Gasteiger partial charge in [-0.25, -0.2) is 0 Å². The van der Waals surface area contributed by atoms with E-state index in [2.05, 4.69) is 4.74 Å². The lowest BCUT2D eigenvalue weighted by atomic mass is 10.2. The van der Waals surface area contributed by atoms with Gasteiger partial charge in [0.25, 0.3) is 5.91 Å². The van der Waals surface area contributed by atoms with Crippen LogP contribution in [0.15, 0.2) is 48.5 Å². The minimum atomic E-state index is -0.359. The Kier molecular flexibility index (Phi) is 7.67. The van der Waals surface area contributed by atoms with Crippen LogP contribution in [0, 0.1) is 6.92 Å². The molecule has 6 heteroatoms. The van der Waals surface area contributed by atoms with Gasteiger partial charge in [-0.05, 0) is 30.2 Å². The van der Waals surface area contributed by atoms with Crippen LogP contribution >= 0.6 is 0 Å². The Labute approximate surface area is 159 Å². The number of carbonyl (C=O) groups is 2. The van der Waals surface area contributed by atoms with Gasteiger partial charge in [0, 0.05) is 13.1 Å². The molecular formula is C21H25NO5. The fourth-order valence-electron chi connectivity index (χ4n) is 2.55. The molecule has 2 rings (SSSR count). The highest BCUT2D eigenvalue weighted by atomic mass is 16.5. The van der Waals surface area contributed by atoms with Crippen molar-refractivity contribution in [3.8, 4) is 11.5 Å². The Balaban J connectivity index is 2.04. The SMILES string of the molecule is COC(=O)CCN(Cc1ccccc1)C(=O)COc1ccc(C)cc1OC. The molecule has 1 amide bonds. The summed E-state index contributed by atoms with van der Waals surface area (Å²) in [7, 11) is 2.89. The van der Waals surface area contributed by atoms with E-state index in [0.717, 1.165) is 11.1 Å². The highest BCUT2D eigenvalue weighted by molar-refractivity contribution is 5.78. The number of amides is 1. The first-order valence-electron chi connectivity index (χ1n) is 8.69. The zero-order valence-corrected chi connectivity index (χ0v) is 15.9. The summed E-state index contributed by atoms with van der Waals surface area (Å²) in [6.45, 7) is 2.46. The predicted octanol–water partition coefficient (Wildman–Crippen LogP) is 2.97. The molecule has 0 saturated heterocycles. The van der Waals surface area contributed by atoms with Crippen LogP contribution in [0.2, 0.25) is 0 Å². The maximum Gasteiger partial charge on any atom is 0.307 e. The second-order valence-corrected chi connectivity index (χ2v) is 6.07. The normalized spacial score (nSPS) is 10.2. The van der Waals surface area contributed by atoms with E-state index >= 15 is 0 Å². The van der Waals surface area contributed by atoms with E-state index in [9.17, 15) is 9.59 Å². The maximum absolute atomic E-state index is 12.7. The number of methoxy groups -OCH3 is 2. The van der Waals surface area contributed by atoms with Crippen molar-refractivity contribution >= 4 is 11.9 Å². The third-order valence-corrected chi connectivity index (χ3v) is 4.05. The lowest BCUT2D eigenvalue weighted by molar-refractivity contribution is -0.142. The minimum Gasteiger partial charge on any atom is -0.493 e. The number of hydrogen-bond donors (Lipinski definition) is 0. The second kappa shape index (κ2) is 10.2. The van der Waals surface area contributed by atoms with Gasteiger partial charge in [-0.2, -0.15) is 0 Å². The zero-order valence-electron chi connectivity index (χ0n) is 15.9. The van der Waals surface area contributed by atoms with Gasteiger partial charge in [0.15, 0.2) is 18.1 Å². The fourth-order valence-corrected chi connectivity index (χ4v) is 2.55. The van der Waals surface area contributed by atoms with E-state index < -0.39 is 0 Å². The van der Waals surface area contributed by atoms with Crippen molar-refractivity contribution < 1.29 is 23.8 Å². The monoisotopic (exact) mass is 371 g/mol. The van der Waals surface area contributed by atoms with Crippen molar-refractivity contribution in [2.75, 3.05) is 27.4 Å². The van der Waals surface area contributed by atoms with Crippen molar-refractivity contribution in [1.82, 2.24) is 4.90 Å². The summed E-state index contributed by atoms with van der Waals surface area (Å²) in [6.07, 6.45) is 0.128. The Hall–Kier alpha value is -3.02. The molecule has 0 atom stereocenters. The van der Waals surface area contributed by atoms with Gasteiger partial charge in [0.2, 0.25) is 0 Å². The van der Waals surface area contributed by atoms with Crippen LogP contribution in [-0.2, 0) is 20.9 Å². The summed E-state index contributed by atoms with van der Waals surface area (Å²) in [5, 5.41) is 0. The molecule has 2 aromatic rings. The van der Waals surface area contributed by atoms with E-state index in [0.29, 0.717) is 18.0 Å². The first-order valence-corrected chi connectivity index (χ1v) is 8.69. The molecule has 0 aliphatic rings. The number of aryl methyl sites for hydroxylation is 1. The number of nitrogens with zero attached hydrogens (tertiary/aromatic N) is 1. The van der Waals surface area contributed by atoms with Crippen molar-refractivity contribution in [3.63, 3.8) is 0 Å². The molecule has 0 aromatic heterocycles. The quantitative estimate of drug-likeness (QED) is 0.634. The van der Waals surface area contributed by atoms with Crippen molar-refractivity contribution in [3.05, 3.63) is 59.7 Å². The molecule has 0 unspecified atom stereocenters. The Morgan fingerprint density at radius 1 is 1.00 bits per heavy atom. The van der Waals surface area contributed by atoms with E-state index in [1.165, 1.54) is 7.11 Å². The molecule has 0 heterocycles. The van der Waals surface area contributed by atoms with E-state index in [1.807, 2.05) is 49.4 Å². The lowest BCUT2D eigenvalue weighted by Crippen LogP contribution is -2.36. The third kappa shape index (κ3) is 6.33. The molecular weight excluding hydrogens is 346 g/mol. The fraction of sp³-hybridized carbons (Fsp3) is 0.333. The molecule has 6 nitrogen and oxygen atoms in total. The molecule has 0 spiro atoms. The number of benzene rings is 2. The molecule has 144 valence electrons.